The number of cyclic esters (lactones) is 1. The Balaban J connectivity index is 2.45. The summed E-state index contributed by atoms with van der Waals surface area (Å²) in [7, 11) is 0. The molecule has 0 unspecified atom stereocenters. The molecular formula is C14H14O3. The molecule has 1 aliphatic rings. The molecule has 0 saturated heterocycles. The van der Waals surface area contributed by atoms with Gasteiger partial charge in [-0.15, -0.1) is 0 Å². The number of benzene rings is 1. The number of rotatable bonds is 2. The van der Waals surface area contributed by atoms with Gasteiger partial charge in [0.1, 0.15) is 11.2 Å². The summed E-state index contributed by atoms with van der Waals surface area (Å²) in [6, 6.07) is 8.76. The number of hydrogen-bond acceptors (Lipinski definition) is 3. The molecule has 1 aliphatic heterocycles. The van der Waals surface area contributed by atoms with Crippen LogP contribution in [0.2, 0.25) is 0 Å². The fraction of sp³-hybridized carbons (Fsp3) is 0.286. The van der Waals surface area contributed by atoms with E-state index in [1.807, 2.05) is 6.07 Å². The van der Waals surface area contributed by atoms with Crippen molar-refractivity contribution in [3.63, 3.8) is 0 Å². The summed E-state index contributed by atoms with van der Waals surface area (Å²) in [5, 5.41) is 0. The van der Waals surface area contributed by atoms with E-state index in [1.165, 1.54) is 0 Å². The van der Waals surface area contributed by atoms with Crippen molar-refractivity contribution in [2.45, 2.75) is 26.4 Å². The maximum atomic E-state index is 12.2. The first-order valence-corrected chi connectivity index (χ1v) is 5.48. The summed E-state index contributed by atoms with van der Waals surface area (Å²) < 4.78 is 5.18. The predicted molar refractivity (Wildman–Crippen MR) is 63.6 cm³/mol. The second-order valence-corrected chi connectivity index (χ2v) is 4.59. The molecule has 1 heterocycles. The van der Waals surface area contributed by atoms with Crippen molar-refractivity contribution in [1.82, 2.24) is 0 Å². The van der Waals surface area contributed by atoms with Crippen molar-refractivity contribution in [2.75, 3.05) is 0 Å². The van der Waals surface area contributed by atoms with Crippen molar-refractivity contribution in [3.8, 4) is 0 Å². The maximum absolute atomic E-state index is 12.2. The number of carbonyl (C=O) groups excluding carboxylic acids is 2. The molecule has 1 aromatic carbocycles. The molecule has 3 nitrogen and oxygen atoms in total. The molecule has 0 bridgehead atoms. The largest absolute Gasteiger partial charge is 0.451 e. The molecule has 0 atom stereocenters. The Morgan fingerprint density at radius 3 is 2.24 bits per heavy atom. The summed E-state index contributed by atoms with van der Waals surface area (Å²) in [5.41, 5.74) is 0.686. The Labute approximate surface area is 100 Å². The van der Waals surface area contributed by atoms with Gasteiger partial charge in [0.05, 0.1) is 0 Å². The summed E-state index contributed by atoms with van der Waals surface area (Å²) >= 11 is 0. The molecule has 2 rings (SSSR count). The Kier molecular flexibility index (Phi) is 2.62. The molecule has 0 saturated carbocycles. The van der Waals surface area contributed by atoms with E-state index in [1.54, 1.807) is 45.0 Å². The fourth-order valence-electron chi connectivity index (χ4n) is 1.81. The van der Waals surface area contributed by atoms with E-state index in [-0.39, 0.29) is 11.4 Å². The number of ether oxygens (including phenoxy) is 1. The third kappa shape index (κ3) is 1.88. The Bertz CT molecular complexity index is 510. The minimum Gasteiger partial charge on any atom is -0.451 e. The molecule has 0 N–H and O–H groups in total. The van der Waals surface area contributed by atoms with Crippen LogP contribution >= 0.6 is 0 Å². The van der Waals surface area contributed by atoms with Crippen LogP contribution in [0.3, 0.4) is 0 Å². The van der Waals surface area contributed by atoms with E-state index in [0.29, 0.717) is 11.1 Å². The standard InChI is InChI=1S/C14H14O3/c1-9-11(13(16)17-14(9,2)3)12(15)10-7-5-4-6-8-10/h4-8H,1-3H3. The third-order valence-corrected chi connectivity index (χ3v) is 3.09. The van der Waals surface area contributed by atoms with Crippen LogP contribution in [0.4, 0.5) is 0 Å². The Morgan fingerprint density at radius 1 is 1.18 bits per heavy atom. The van der Waals surface area contributed by atoms with Crippen LogP contribution in [-0.2, 0) is 9.53 Å². The van der Waals surface area contributed by atoms with E-state index < -0.39 is 11.6 Å². The molecule has 17 heavy (non-hydrogen) atoms. The fourth-order valence-corrected chi connectivity index (χ4v) is 1.81. The third-order valence-electron chi connectivity index (χ3n) is 3.09. The zero-order chi connectivity index (χ0) is 12.6. The highest BCUT2D eigenvalue weighted by Crippen LogP contribution is 2.33. The SMILES string of the molecule is CC1=C(C(=O)c2ccccc2)C(=O)OC1(C)C. The molecular weight excluding hydrogens is 216 g/mol. The highest BCUT2D eigenvalue weighted by Gasteiger charge is 2.40. The van der Waals surface area contributed by atoms with Gasteiger partial charge in [-0.25, -0.2) is 4.79 Å². The minimum atomic E-state index is -0.684. The van der Waals surface area contributed by atoms with Crippen LogP contribution in [0, 0.1) is 0 Å². The molecule has 88 valence electrons. The molecule has 0 spiro atoms. The lowest BCUT2D eigenvalue weighted by molar-refractivity contribution is -0.144. The Morgan fingerprint density at radius 2 is 1.76 bits per heavy atom. The van der Waals surface area contributed by atoms with Gasteiger partial charge in [-0.3, -0.25) is 4.79 Å². The monoisotopic (exact) mass is 230 g/mol. The van der Waals surface area contributed by atoms with Crippen molar-refractivity contribution in [3.05, 3.63) is 47.0 Å². The van der Waals surface area contributed by atoms with Gasteiger partial charge in [-0.1, -0.05) is 30.3 Å². The summed E-state index contributed by atoms with van der Waals surface area (Å²) in [6.45, 7) is 5.33. The summed E-state index contributed by atoms with van der Waals surface area (Å²) in [5.74, 6) is -0.792. The van der Waals surface area contributed by atoms with E-state index >= 15 is 0 Å². The van der Waals surface area contributed by atoms with Gasteiger partial charge in [0.25, 0.3) is 0 Å². The molecule has 1 aromatic rings. The molecule has 0 amide bonds. The zero-order valence-electron chi connectivity index (χ0n) is 10.1. The number of ketones is 1. The van der Waals surface area contributed by atoms with Crippen molar-refractivity contribution >= 4 is 11.8 Å². The van der Waals surface area contributed by atoms with E-state index in [0.717, 1.165) is 0 Å². The molecule has 0 radical (unpaired) electrons. The van der Waals surface area contributed by atoms with Crippen molar-refractivity contribution in [1.29, 1.82) is 0 Å². The van der Waals surface area contributed by atoms with Gasteiger partial charge >= 0.3 is 5.97 Å². The van der Waals surface area contributed by atoms with Crippen LogP contribution in [0.15, 0.2) is 41.5 Å². The highest BCUT2D eigenvalue weighted by molar-refractivity contribution is 6.25. The topological polar surface area (TPSA) is 43.4 Å². The first-order chi connectivity index (χ1) is 7.93. The quantitative estimate of drug-likeness (QED) is 0.445. The lowest BCUT2D eigenvalue weighted by Crippen LogP contribution is -2.21. The summed E-state index contributed by atoms with van der Waals surface area (Å²) in [6.07, 6.45) is 0. The van der Waals surface area contributed by atoms with Crippen LogP contribution < -0.4 is 0 Å². The number of carbonyl (C=O) groups is 2. The van der Waals surface area contributed by atoms with E-state index in [2.05, 4.69) is 0 Å². The number of esters is 1. The van der Waals surface area contributed by atoms with Crippen molar-refractivity contribution in [2.24, 2.45) is 0 Å². The normalized spacial score (nSPS) is 18.2. The van der Waals surface area contributed by atoms with E-state index in [4.69, 9.17) is 4.74 Å². The molecule has 0 aliphatic carbocycles. The predicted octanol–water partition coefficient (Wildman–Crippen LogP) is 2.52. The lowest BCUT2D eigenvalue weighted by Gasteiger charge is -2.17. The first kappa shape index (κ1) is 11.6. The van der Waals surface area contributed by atoms with Gasteiger partial charge in [0, 0.05) is 5.56 Å². The average Bonchev–Trinajstić information content (AvgIpc) is 2.49. The average molecular weight is 230 g/mol. The minimum absolute atomic E-state index is 0.168. The lowest BCUT2D eigenvalue weighted by atomic mass is 9.93. The number of Topliss-reactive ketones (excluding diaryl/α,β-unsaturated/α-hetero) is 1. The van der Waals surface area contributed by atoms with Gasteiger partial charge in [-0.05, 0) is 26.3 Å². The smallest absolute Gasteiger partial charge is 0.343 e. The molecule has 0 aromatic heterocycles. The maximum Gasteiger partial charge on any atom is 0.343 e. The van der Waals surface area contributed by atoms with Gasteiger partial charge in [-0.2, -0.15) is 0 Å². The van der Waals surface area contributed by atoms with Crippen LogP contribution in [0.1, 0.15) is 31.1 Å². The van der Waals surface area contributed by atoms with Crippen LogP contribution in [0.5, 0.6) is 0 Å². The highest BCUT2D eigenvalue weighted by atomic mass is 16.6. The van der Waals surface area contributed by atoms with Crippen LogP contribution in [0.25, 0.3) is 0 Å². The van der Waals surface area contributed by atoms with Gasteiger partial charge in [0.15, 0.2) is 5.78 Å². The molecule has 3 heteroatoms. The second kappa shape index (κ2) is 3.84. The van der Waals surface area contributed by atoms with Gasteiger partial charge < -0.3 is 4.74 Å². The van der Waals surface area contributed by atoms with E-state index in [9.17, 15) is 9.59 Å². The summed E-state index contributed by atoms with van der Waals surface area (Å²) in [4.78, 5) is 23.9. The van der Waals surface area contributed by atoms with Crippen LogP contribution in [-0.4, -0.2) is 17.4 Å². The first-order valence-electron chi connectivity index (χ1n) is 5.48. The van der Waals surface area contributed by atoms with Gasteiger partial charge in [0.2, 0.25) is 0 Å². The second-order valence-electron chi connectivity index (χ2n) is 4.59. The van der Waals surface area contributed by atoms with Crippen molar-refractivity contribution < 1.29 is 14.3 Å². The zero-order valence-corrected chi connectivity index (χ0v) is 10.1. The number of hydrogen-bond donors (Lipinski definition) is 0. The Hall–Kier alpha value is -1.90. The molecule has 0 fully saturated rings.